The molecule has 286 valence electrons. The Hall–Kier alpha value is -3.60. The SMILES string of the molecule is COc1c(O)cc(C[C@H]2C(=O)N([C@@H](COCc3ccccc3)c3cc(OS(C)(=O)=O)c(C)c4c3OCO4)C(C)=CN2C(=O)OCC(Cl)(Cl)Cl)c(Br)c1C. The van der Waals surface area contributed by atoms with Crippen LogP contribution in [0.3, 0.4) is 0 Å². The van der Waals surface area contributed by atoms with E-state index in [1.165, 1.54) is 30.3 Å². The van der Waals surface area contributed by atoms with Crippen LogP contribution in [0.4, 0.5) is 4.79 Å². The molecule has 0 radical (unpaired) electrons. The van der Waals surface area contributed by atoms with E-state index in [1.54, 1.807) is 20.8 Å². The van der Waals surface area contributed by atoms with Gasteiger partial charge in [-0.05, 0) is 44.0 Å². The van der Waals surface area contributed by atoms with E-state index in [1.807, 2.05) is 30.3 Å². The van der Waals surface area contributed by atoms with E-state index in [0.29, 0.717) is 26.7 Å². The van der Waals surface area contributed by atoms with E-state index in [0.717, 1.165) is 16.7 Å². The quantitative estimate of drug-likeness (QED) is 0.145. The molecule has 0 saturated heterocycles. The van der Waals surface area contributed by atoms with Gasteiger partial charge in [-0.3, -0.25) is 9.69 Å². The number of methoxy groups -OCH3 is 1. The largest absolute Gasteiger partial charge is 0.504 e. The third kappa shape index (κ3) is 9.38. The van der Waals surface area contributed by atoms with Gasteiger partial charge in [-0.25, -0.2) is 4.79 Å². The van der Waals surface area contributed by atoms with Gasteiger partial charge in [-0.1, -0.05) is 81.1 Å². The Morgan fingerprint density at radius 1 is 1.09 bits per heavy atom. The molecule has 0 saturated carbocycles. The number of rotatable bonds is 12. The molecule has 1 N–H and O–H groups in total. The van der Waals surface area contributed by atoms with E-state index in [9.17, 15) is 23.1 Å². The molecule has 18 heteroatoms. The highest BCUT2D eigenvalue weighted by molar-refractivity contribution is 9.10. The third-order valence-corrected chi connectivity index (χ3v) is 10.3. The normalized spacial score (nSPS) is 16.4. The summed E-state index contributed by atoms with van der Waals surface area (Å²) < 4.78 is 57.1. The van der Waals surface area contributed by atoms with Crippen molar-refractivity contribution in [1.82, 2.24) is 9.80 Å². The van der Waals surface area contributed by atoms with Crippen molar-refractivity contribution < 1.29 is 51.0 Å². The van der Waals surface area contributed by atoms with Gasteiger partial charge in [-0.15, -0.1) is 0 Å². The maximum absolute atomic E-state index is 15.0. The first kappa shape index (κ1) is 40.6. The number of ether oxygens (including phenoxy) is 5. The third-order valence-electron chi connectivity index (χ3n) is 8.42. The first-order chi connectivity index (χ1) is 24.9. The number of halogens is 4. The highest BCUT2D eigenvalue weighted by Gasteiger charge is 2.44. The molecule has 5 rings (SSSR count). The Morgan fingerprint density at radius 2 is 1.77 bits per heavy atom. The number of allylic oxidation sites excluding steroid dienone is 1. The second-order valence-corrected chi connectivity index (χ2v) is 17.1. The fraction of sp³-hybridized carbons (Fsp3) is 0.371. The molecule has 3 aromatic rings. The molecule has 0 aliphatic carbocycles. The summed E-state index contributed by atoms with van der Waals surface area (Å²) in [6.07, 6.45) is 1.22. The average molecular weight is 879 g/mol. The highest BCUT2D eigenvalue weighted by Crippen LogP contribution is 2.48. The molecule has 2 atom stereocenters. The number of benzene rings is 3. The van der Waals surface area contributed by atoms with Crippen LogP contribution in [0.5, 0.6) is 28.7 Å². The van der Waals surface area contributed by atoms with Crippen molar-refractivity contribution in [3.63, 3.8) is 0 Å². The molecule has 0 unspecified atom stereocenters. The zero-order valence-corrected chi connectivity index (χ0v) is 33.8. The Morgan fingerprint density at radius 3 is 2.42 bits per heavy atom. The number of carbonyl (C=O) groups excluding carboxylic acids is 2. The van der Waals surface area contributed by atoms with Crippen molar-refractivity contribution in [2.45, 2.75) is 49.7 Å². The van der Waals surface area contributed by atoms with Crippen LogP contribution in [-0.4, -0.2) is 78.5 Å². The Balaban J connectivity index is 1.65. The number of phenolic OH excluding ortho intramolecular Hbond substituents is 1. The summed E-state index contributed by atoms with van der Waals surface area (Å²) in [5.41, 5.74) is 2.84. The Bertz CT molecular complexity index is 2030. The van der Waals surface area contributed by atoms with E-state index in [4.69, 9.17) is 62.7 Å². The molecule has 0 aromatic heterocycles. The van der Waals surface area contributed by atoms with Crippen LogP contribution in [0.2, 0.25) is 0 Å². The summed E-state index contributed by atoms with van der Waals surface area (Å²) in [6.45, 7) is 4.20. The molecule has 0 spiro atoms. The number of aromatic hydroxyl groups is 1. The number of alkyl halides is 3. The van der Waals surface area contributed by atoms with Gasteiger partial charge in [-0.2, -0.15) is 8.42 Å². The minimum absolute atomic E-state index is 0.0347. The van der Waals surface area contributed by atoms with E-state index >= 15 is 0 Å². The summed E-state index contributed by atoms with van der Waals surface area (Å²) in [5.74, 6) is -0.0858. The predicted molar refractivity (Wildman–Crippen MR) is 200 cm³/mol. The van der Waals surface area contributed by atoms with Crippen molar-refractivity contribution in [2.75, 3.05) is 33.4 Å². The molecule has 0 bridgehead atoms. The molecule has 13 nitrogen and oxygen atoms in total. The molecule has 53 heavy (non-hydrogen) atoms. The number of nitrogens with zero attached hydrogens (tertiary/aromatic N) is 2. The van der Waals surface area contributed by atoms with Crippen LogP contribution in [0.1, 0.15) is 40.8 Å². The minimum Gasteiger partial charge on any atom is -0.504 e. The number of carbonyl (C=O) groups is 2. The maximum Gasteiger partial charge on any atom is 0.414 e. The zero-order valence-electron chi connectivity index (χ0n) is 29.2. The van der Waals surface area contributed by atoms with Crippen molar-refractivity contribution >= 4 is 72.9 Å². The van der Waals surface area contributed by atoms with Gasteiger partial charge in [0.2, 0.25) is 10.6 Å². The molecule has 2 amide bonds. The molecular weight excluding hydrogens is 843 g/mol. The summed E-state index contributed by atoms with van der Waals surface area (Å²) in [5, 5.41) is 10.8. The van der Waals surface area contributed by atoms with Crippen LogP contribution in [0, 0.1) is 13.8 Å². The number of hydrogen-bond donors (Lipinski definition) is 1. The number of phenols is 1. The van der Waals surface area contributed by atoms with Gasteiger partial charge >= 0.3 is 16.2 Å². The van der Waals surface area contributed by atoms with Gasteiger partial charge < -0.3 is 37.9 Å². The van der Waals surface area contributed by atoms with Crippen molar-refractivity contribution in [2.24, 2.45) is 0 Å². The Labute approximate surface area is 330 Å². The van der Waals surface area contributed by atoms with Crippen LogP contribution in [-0.2, 0) is 37.4 Å². The monoisotopic (exact) mass is 876 g/mol. The standard InChI is InChI=1S/C35H36BrCl3N2O11S/c1-19-14-40(34(44)49-17-35(37,38)39)25(11-23-12-27(42)30(47-4)21(3)29(23)36)33(43)41(19)26(16-48-15-22-9-7-6-8-10-22)24-13-28(52-53(5,45)46)20(2)31-32(24)51-18-50-31/h6-10,12-14,25-26,42H,11,15-18H2,1-5H3/t25-,26-/m0/s1. The smallest absolute Gasteiger partial charge is 0.414 e. The lowest BCUT2D eigenvalue weighted by molar-refractivity contribution is -0.139. The maximum atomic E-state index is 15.0. The van der Waals surface area contributed by atoms with Crippen molar-refractivity contribution in [3.05, 3.63) is 86.7 Å². The summed E-state index contributed by atoms with van der Waals surface area (Å²) >= 11 is 21.2. The van der Waals surface area contributed by atoms with Gasteiger partial charge in [0.25, 0.3) is 5.91 Å². The summed E-state index contributed by atoms with van der Waals surface area (Å²) in [7, 11) is -2.58. The molecule has 0 fully saturated rings. The molecular formula is C35H36BrCl3N2O11S. The lowest BCUT2D eigenvalue weighted by atomic mass is 9.95. The fourth-order valence-electron chi connectivity index (χ4n) is 6.09. The Kier molecular flexibility index (Phi) is 12.6. The van der Waals surface area contributed by atoms with Crippen molar-refractivity contribution in [3.8, 4) is 28.7 Å². The van der Waals surface area contributed by atoms with E-state index in [2.05, 4.69) is 15.9 Å². The first-order valence-electron chi connectivity index (χ1n) is 15.9. The van der Waals surface area contributed by atoms with Gasteiger partial charge in [0.1, 0.15) is 18.4 Å². The van der Waals surface area contributed by atoms with Gasteiger partial charge in [0, 0.05) is 39.5 Å². The van der Waals surface area contributed by atoms with Crippen LogP contribution < -0.4 is 18.4 Å². The predicted octanol–water partition coefficient (Wildman–Crippen LogP) is 7.23. The fourth-order valence-corrected chi connectivity index (χ4v) is 7.21. The second-order valence-electron chi connectivity index (χ2n) is 12.3. The van der Waals surface area contributed by atoms with Crippen LogP contribution in [0.15, 0.2) is 58.8 Å². The number of hydrogen-bond acceptors (Lipinski definition) is 11. The van der Waals surface area contributed by atoms with Crippen LogP contribution in [0.25, 0.3) is 0 Å². The molecule has 3 aromatic carbocycles. The minimum atomic E-state index is -3.99. The zero-order chi connectivity index (χ0) is 38.8. The van der Waals surface area contributed by atoms with E-state index in [-0.39, 0.29) is 60.9 Å². The average Bonchev–Trinajstić information content (AvgIpc) is 3.58. The topological polar surface area (TPSA) is 150 Å². The molecule has 2 heterocycles. The lowest BCUT2D eigenvalue weighted by Crippen LogP contribution is -2.55. The number of amides is 2. The first-order valence-corrected chi connectivity index (χ1v) is 19.7. The summed E-state index contributed by atoms with van der Waals surface area (Å²) in [4.78, 5) is 31.1. The van der Waals surface area contributed by atoms with Gasteiger partial charge in [0.15, 0.2) is 23.0 Å². The number of fused-ring (bicyclic) bond motifs is 1. The highest BCUT2D eigenvalue weighted by atomic mass is 79.9. The van der Waals surface area contributed by atoms with Crippen molar-refractivity contribution in [1.29, 1.82) is 0 Å². The van der Waals surface area contributed by atoms with Crippen LogP contribution >= 0.6 is 50.7 Å². The molecule has 2 aliphatic rings. The van der Waals surface area contributed by atoms with Gasteiger partial charge in [0.05, 0.1) is 32.6 Å². The summed E-state index contributed by atoms with van der Waals surface area (Å²) in [6, 6.07) is 9.98. The van der Waals surface area contributed by atoms with E-state index < -0.39 is 44.6 Å². The second kappa shape index (κ2) is 16.4. The molecule has 2 aliphatic heterocycles. The lowest BCUT2D eigenvalue weighted by Gasteiger charge is -2.42.